The van der Waals surface area contributed by atoms with Gasteiger partial charge in [-0.25, -0.2) is 4.79 Å². The zero-order valence-corrected chi connectivity index (χ0v) is 15.0. The van der Waals surface area contributed by atoms with Gasteiger partial charge in [-0.2, -0.15) is 0 Å². The van der Waals surface area contributed by atoms with Crippen LogP contribution in [0.25, 0.3) is 0 Å². The van der Waals surface area contributed by atoms with Crippen LogP contribution in [0.1, 0.15) is 36.0 Å². The van der Waals surface area contributed by atoms with Gasteiger partial charge in [-0.1, -0.05) is 60.7 Å². The third kappa shape index (κ3) is 4.41. The Balaban J connectivity index is 1.83. The molecule has 0 atom stereocenters. The van der Waals surface area contributed by atoms with E-state index in [2.05, 4.69) is 39.2 Å². The molecule has 0 unspecified atom stereocenters. The van der Waals surface area contributed by atoms with E-state index < -0.39 is 17.1 Å². The molecule has 0 radical (unpaired) electrons. The van der Waals surface area contributed by atoms with Gasteiger partial charge in [0.15, 0.2) is 0 Å². The normalized spacial score (nSPS) is 11.7. The highest BCUT2D eigenvalue weighted by molar-refractivity contribution is 6.00. The molecule has 0 saturated carbocycles. The van der Waals surface area contributed by atoms with Gasteiger partial charge in [0.1, 0.15) is 5.56 Å². The molecule has 0 aliphatic rings. The van der Waals surface area contributed by atoms with E-state index in [9.17, 15) is 14.7 Å². The summed E-state index contributed by atoms with van der Waals surface area (Å²) in [5.41, 5.74) is 1.36. The van der Waals surface area contributed by atoms with Crippen molar-refractivity contribution in [1.82, 2.24) is 9.97 Å². The predicted octanol–water partition coefficient (Wildman–Crippen LogP) is 2.80. The number of nitrogens with one attached hydrogen (secondary N) is 2. The molecule has 0 aliphatic heterocycles. The second kappa shape index (κ2) is 8.31. The van der Waals surface area contributed by atoms with Gasteiger partial charge in [-0.3, -0.25) is 19.8 Å². The van der Waals surface area contributed by atoms with E-state index in [0.29, 0.717) is 12.3 Å². The Labute approximate surface area is 156 Å². The molecule has 0 aliphatic carbocycles. The van der Waals surface area contributed by atoms with E-state index in [1.807, 2.05) is 36.4 Å². The second-order valence-electron chi connectivity index (χ2n) is 6.26. The molecule has 0 spiro atoms. The van der Waals surface area contributed by atoms with Crippen molar-refractivity contribution in [2.75, 3.05) is 6.54 Å². The quantitative estimate of drug-likeness (QED) is 0.587. The summed E-state index contributed by atoms with van der Waals surface area (Å²) >= 11 is 0. The van der Waals surface area contributed by atoms with Crippen molar-refractivity contribution in [3.8, 4) is 5.88 Å². The molecule has 0 fully saturated rings. The van der Waals surface area contributed by atoms with Gasteiger partial charge in [-0.05, 0) is 24.5 Å². The fraction of sp³-hybridized carbons (Fsp3) is 0.190. The fourth-order valence-corrected chi connectivity index (χ4v) is 3.15. The Hall–Kier alpha value is -3.41. The third-order valence-corrected chi connectivity index (χ3v) is 4.46. The highest BCUT2D eigenvalue weighted by atomic mass is 16.3. The first-order valence-electron chi connectivity index (χ1n) is 8.73. The summed E-state index contributed by atoms with van der Waals surface area (Å²) in [5.74, 6) is -0.293. The minimum absolute atomic E-state index is 0.00873. The van der Waals surface area contributed by atoms with Crippen LogP contribution >= 0.6 is 0 Å². The number of hydrogen-bond donors (Lipinski definition) is 3. The Morgan fingerprint density at radius 3 is 2.04 bits per heavy atom. The maximum atomic E-state index is 11.9. The van der Waals surface area contributed by atoms with Crippen molar-refractivity contribution in [2.24, 2.45) is 4.99 Å². The maximum Gasteiger partial charge on any atom is 0.328 e. The molecule has 3 N–H and O–H groups in total. The third-order valence-electron chi connectivity index (χ3n) is 4.46. The van der Waals surface area contributed by atoms with Crippen molar-refractivity contribution in [2.45, 2.75) is 19.3 Å². The van der Waals surface area contributed by atoms with Crippen LogP contribution in [-0.2, 0) is 0 Å². The van der Waals surface area contributed by atoms with Crippen LogP contribution in [0.3, 0.4) is 0 Å². The number of hydrogen-bond acceptors (Lipinski definition) is 4. The van der Waals surface area contributed by atoms with Crippen LogP contribution in [0.5, 0.6) is 5.88 Å². The zero-order chi connectivity index (χ0) is 19.2. The first-order chi connectivity index (χ1) is 13.1. The second-order valence-corrected chi connectivity index (χ2v) is 6.26. The molecule has 1 heterocycles. The molecule has 6 heteroatoms. The van der Waals surface area contributed by atoms with Gasteiger partial charge in [0.25, 0.3) is 5.56 Å². The number of nitrogens with zero attached hydrogens (tertiary/aromatic N) is 1. The molecule has 27 heavy (non-hydrogen) atoms. The first kappa shape index (κ1) is 18.4. The van der Waals surface area contributed by atoms with E-state index in [-0.39, 0.29) is 11.5 Å². The van der Waals surface area contributed by atoms with Crippen LogP contribution in [-0.4, -0.2) is 27.3 Å². The summed E-state index contributed by atoms with van der Waals surface area (Å²) in [6.45, 7) is 2.11. The van der Waals surface area contributed by atoms with Gasteiger partial charge >= 0.3 is 5.69 Å². The Morgan fingerprint density at radius 2 is 1.52 bits per heavy atom. The minimum Gasteiger partial charge on any atom is -0.494 e. The zero-order valence-electron chi connectivity index (χ0n) is 15.0. The fourth-order valence-electron chi connectivity index (χ4n) is 3.15. The van der Waals surface area contributed by atoms with Crippen molar-refractivity contribution >= 4 is 5.71 Å². The van der Waals surface area contributed by atoms with Gasteiger partial charge in [-0.15, -0.1) is 0 Å². The molecule has 6 nitrogen and oxygen atoms in total. The lowest BCUT2D eigenvalue weighted by molar-refractivity contribution is 0.447. The largest absolute Gasteiger partial charge is 0.494 e. The molecule has 0 amide bonds. The summed E-state index contributed by atoms with van der Waals surface area (Å²) in [6, 6.07) is 20.4. The summed E-state index contributed by atoms with van der Waals surface area (Å²) in [4.78, 5) is 31.8. The number of benzene rings is 2. The van der Waals surface area contributed by atoms with Gasteiger partial charge < -0.3 is 5.11 Å². The average molecular weight is 363 g/mol. The van der Waals surface area contributed by atoms with E-state index >= 15 is 0 Å². The van der Waals surface area contributed by atoms with Gasteiger partial charge in [0.2, 0.25) is 5.88 Å². The highest BCUT2D eigenvalue weighted by Crippen LogP contribution is 2.27. The summed E-state index contributed by atoms with van der Waals surface area (Å²) in [5, 5.41) is 9.85. The number of H-pyrrole nitrogens is 2. The van der Waals surface area contributed by atoms with Crippen LogP contribution in [0.4, 0.5) is 0 Å². The van der Waals surface area contributed by atoms with E-state index in [1.165, 1.54) is 11.1 Å². The van der Waals surface area contributed by atoms with Crippen LogP contribution in [0, 0.1) is 0 Å². The van der Waals surface area contributed by atoms with E-state index in [0.717, 1.165) is 6.42 Å². The smallest absolute Gasteiger partial charge is 0.328 e. The number of aliphatic imine (C=N–C) groups is 1. The topological polar surface area (TPSA) is 98.3 Å². The van der Waals surface area contributed by atoms with Crippen molar-refractivity contribution < 1.29 is 5.11 Å². The summed E-state index contributed by atoms with van der Waals surface area (Å²) in [6.07, 6.45) is 0.743. The summed E-state index contributed by atoms with van der Waals surface area (Å²) < 4.78 is 0. The van der Waals surface area contributed by atoms with E-state index in [4.69, 9.17) is 0 Å². The Kier molecular flexibility index (Phi) is 5.66. The molecular formula is C21H21N3O3. The lowest BCUT2D eigenvalue weighted by Crippen LogP contribution is -2.27. The van der Waals surface area contributed by atoms with Crippen molar-refractivity contribution in [3.63, 3.8) is 0 Å². The molecular weight excluding hydrogens is 342 g/mol. The Morgan fingerprint density at radius 1 is 0.963 bits per heavy atom. The SMILES string of the molecule is CC(=NCCC(c1ccccc1)c1ccccc1)c1c(O)[nH]c(=O)[nH]c1=O. The van der Waals surface area contributed by atoms with Gasteiger partial charge in [0.05, 0.1) is 0 Å². The van der Waals surface area contributed by atoms with Crippen molar-refractivity contribution in [1.29, 1.82) is 0 Å². The molecule has 138 valence electrons. The van der Waals surface area contributed by atoms with Crippen LogP contribution in [0.15, 0.2) is 75.2 Å². The van der Waals surface area contributed by atoms with Crippen LogP contribution < -0.4 is 11.2 Å². The Bertz CT molecular complexity index is 998. The lowest BCUT2D eigenvalue weighted by atomic mass is 9.88. The lowest BCUT2D eigenvalue weighted by Gasteiger charge is -2.17. The minimum atomic E-state index is -0.748. The predicted molar refractivity (Wildman–Crippen MR) is 106 cm³/mol. The molecule has 3 aromatic rings. The standard InChI is InChI=1S/C21H21N3O3/c1-14(18-19(25)23-21(27)24-20(18)26)22-13-12-17(15-8-4-2-5-9-15)16-10-6-3-7-11-16/h2-11,17H,12-13H2,1H3,(H3,23,24,25,26,27). The molecule has 3 rings (SSSR count). The van der Waals surface area contributed by atoms with Crippen molar-refractivity contribution in [3.05, 3.63) is 98.2 Å². The molecule has 0 saturated heterocycles. The first-order valence-corrected chi connectivity index (χ1v) is 8.73. The summed E-state index contributed by atoms with van der Waals surface area (Å²) in [7, 11) is 0. The number of aromatic hydroxyl groups is 1. The number of aromatic nitrogens is 2. The molecule has 1 aromatic heterocycles. The highest BCUT2D eigenvalue weighted by Gasteiger charge is 2.15. The number of aromatic amines is 2. The van der Waals surface area contributed by atoms with Gasteiger partial charge in [0, 0.05) is 18.2 Å². The van der Waals surface area contributed by atoms with Crippen LogP contribution in [0.2, 0.25) is 0 Å². The molecule has 2 aromatic carbocycles. The average Bonchev–Trinajstić information content (AvgIpc) is 2.66. The molecule has 0 bridgehead atoms. The van der Waals surface area contributed by atoms with E-state index in [1.54, 1.807) is 6.92 Å². The maximum absolute atomic E-state index is 11.9. The monoisotopic (exact) mass is 363 g/mol. The number of rotatable bonds is 6.